The third-order valence-electron chi connectivity index (χ3n) is 3.21. The minimum absolute atomic E-state index is 0.159. The highest BCUT2D eigenvalue weighted by atomic mass is 16.6. The molecule has 1 aliphatic rings. The number of ether oxygens (including phenoxy) is 1. The largest absolute Gasteiger partial charge is 0.460 e. The van der Waals surface area contributed by atoms with Gasteiger partial charge in [0.15, 0.2) is 0 Å². The summed E-state index contributed by atoms with van der Waals surface area (Å²) in [6.45, 7) is 9.60. The second kappa shape index (κ2) is 5.83. The molecule has 0 aromatic heterocycles. The first-order valence-electron chi connectivity index (χ1n) is 6.40. The van der Waals surface area contributed by atoms with E-state index in [-0.39, 0.29) is 18.6 Å². The summed E-state index contributed by atoms with van der Waals surface area (Å²) in [5.74, 6) is 0.354. The van der Waals surface area contributed by atoms with Gasteiger partial charge in [0.1, 0.15) is 5.60 Å². The van der Waals surface area contributed by atoms with E-state index in [1.54, 1.807) is 0 Å². The van der Waals surface area contributed by atoms with Gasteiger partial charge in [0.25, 0.3) is 0 Å². The zero-order valence-corrected chi connectivity index (χ0v) is 11.4. The number of hydrogen-bond donors (Lipinski definition) is 1. The molecular formula is C13H25NO3. The number of likely N-dealkylation sites (tertiary alicyclic amines) is 1. The SMILES string of the molecule is CC1CCN(CCC(=O)OC(C)(C)C)C1CO. The fraction of sp³-hybridized carbons (Fsp3) is 0.923. The predicted octanol–water partition coefficient (Wildman–Crippen LogP) is 1.42. The minimum Gasteiger partial charge on any atom is -0.460 e. The van der Waals surface area contributed by atoms with Crippen molar-refractivity contribution in [3.8, 4) is 0 Å². The van der Waals surface area contributed by atoms with Crippen molar-refractivity contribution in [2.24, 2.45) is 5.92 Å². The van der Waals surface area contributed by atoms with E-state index >= 15 is 0 Å². The van der Waals surface area contributed by atoms with E-state index in [9.17, 15) is 9.90 Å². The molecule has 1 rings (SSSR count). The van der Waals surface area contributed by atoms with Crippen LogP contribution in [-0.2, 0) is 9.53 Å². The molecule has 0 saturated carbocycles. The van der Waals surface area contributed by atoms with E-state index in [0.717, 1.165) is 13.0 Å². The van der Waals surface area contributed by atoms with Gasteiger partial charge in [-0.3, -0.25) is 9.69 Å². The van der Waals surface area contributed by atoms with Crippen molar-refractivity contribution in [3.63, 3.8) is 0 Å². The smallest absolute Gasteiger partial charge is 0.307 e. The van der Waals surface area contributed by atoms with E-state index < -0.39 is 5.60 Å². The molecule has 0 aromatic carbocycles. The number of aliphatic hydroxyl groups is 1. The molecule has 2 atom stereocenters. The first kappa shape index (κ1) is 14.5. The molecule has 0 amide bonds. The number of hydrogen-bond acceptors (Lipinski definition) is 4. The maximum Gasteiger partial charge on any atom is 0.307 e. The fourth-order valence-electron chi connectivity index (χ4n) is 2.29. The van der Waals surface area contributed by atoms with Gasteiger partial charge in [0, 0.05) is 12.6 Å². The number of esters is 1. The van der Waals surface area contributed by atoms with E-state index in [0.29, 0.717) is 18.9 Å². The predicted molar refractivity (Wildman–Crippen MR) is 66.7 cm³/mol. The van der Waals surface area contributed by atoms with Crippen molar-refractivity contribution in [1.29, 1.82) is 0 Å². The van der Waals surface area contributed by atoms with E-state index in [1.165, 1.54) is 0 Å². The Morgan fingerprint density at radius 2 is 2.12 bits per heavy atom. The lowest BCUT2D eigenvalue weighted by atomic mass is 10.0. The summed E-state index contributed by atoms with van der Waals surface area (Å²) in [5.41, 5.74) is -0.411. The zero-order chi connectivity index (χ0) is 13.1. The molecule has 0 spiro atoms. The van der Waals surface area contributed by atoms with Crippen LogP contribution in [0, 0.1) is 5.92 Å². The van der Waals surface area contributed by atoms with Gasteiger partial charge in [-0.05, 0) is 39.7 Å². The lowest BCUT2D eigenvalue weighted by molar-refractivity contribution is -0.155. The molecule has 0 aliphatic carbocycles. The van der Waals surface area contributed by atoms with Gasteiger partial charge >= 0.3 is 5.97 Å². The van der Waals surface area contributed by atoms with Crippen molar-refractivity contribution >= 4 is 5.97 Å². The number of nitrogens with zero attached hydrogens (tertiary/aromatic N) is 1. The monoisotopic (exact) mass is 243 g/mol. The lowest BCUT2D eigenvalue weighted by Crippen LogP contribution is -2.37. The Labute approximate surface area is 104 Å². The zero-order valence-electron chi connectivity index (χ0n) is 11.4. The van der Waals surface area contributed by atoms with E-state index in [1.807, 2.05) is 20.8 Å². The third-order valence-corrected chi connectivity index (χ3v) is 3.21. The molecule has 0 bridgehead atoms. The Hall–Kier alpha value is -0.610. The average Bonchev–Trinajstić information content (AvgIpc) is 2.53. The van der Waals surface area contributed by atoms with Crippen molar-refractivity contribution in [3.05, 3.63) is 0 Å². The average molecular weight is 243 g/mol. The Kier molecular flexibility index (Phi) is 4.95. The van der Waals surface area contributed by atoms with Crippen LogP contribution >= 0.6 is 0 Å². The lowest BCUT2D eigenvalue weighted by Gasteiger charge is -2.25. The molecule has 1 saturated heterocycles. The second-order valence-electron chi connectivity index (χ2n) is 5.89. The molecule has 1 N–H and O–H groups in total. The quantitative estimate of drug-likeness (QED) is 0.759. The first-order chi connectivity index (χ1) is 7.83. The fourth-order valence-corrected chi connectivity index (χ4v) is 2.29. The highest BCUT2D eigenvalue weighted by Gasteiger charge is 2.30. The van der Waals surface area contributed by atoms with Gasteiger partial charge in [-0.15, -0.1) is 0 Å². The first-order valence-corrected chi connectivity index (χ1v) is 6.40. The molecule has 4 nitrogen and oxygen atoms in total. The van der Waals surface area contributed by atoms with Crippen LogP contribution in [0.5, 0.6) is 0 Å². The van der Waals surface area contributed by atoms with Crippen molar-refractivity contribution in [2.75, 3.05) is 19.7 Å². The van der Waals surface area contributed by atoms with Crippen molar-refractivity contribution < 1.29 is 14.6 Å². The molecule has 100 valence electrons. The summed E-state index contributed by atoms with van der Waals surface area (Å²) in [6.07, 6.45) is 1.50. The van der Waals surface area contributed by atoms with Crippen LogP contribution in [0.25, 0.3) is 0 Å². The number of carbonyl (C=O) groups excluding carboxylic acids is 1. The standard InChI is InChI=1S/C13H25NO3/c1-10-5-7-14(11(10)9-15)8-6-12(16)17-13(2,3)4/h10-11,15H,5-9H2,1-4H3. The van der Waals surface area contributed by atoms with Crippen LogP contribution in [0.4, 0.5) is 0 Å². The van der Waals surface area contributed by atoms with Gasteiger partial charge in [-0.1, -0.05) is 6.92 Å². The van der Waals surface area contributed by atoms with Gasteiger partial charge in [-0.25, -0.2) is 0 Å². The maximum absolute atomic E-state index is 11.6. The Morgan fingerprint density at radius 1 is 1.47 bits per heavy atom. The normalized spacial score (nSPS) is 26.2. The van der Waals surface area contributed by atoms with Crippen LogP contribution in [0.2, 0.25) is 0 Å². The van der Waals surface area contributed by atoms with Gasteiger partial charge in [0.05, 0.1) is 13.0 Å². The Bertz CT molecular complexity index is 260. The van der Waals surface area contributed by atoms with Crippen molar-refractivity contribution in [1.82, 2.24) is 4.90 Å². The maximum atomic E-state index is 11.6. The molecule has 4 heteroatoms. The number of aliphatic hydroxyl groups excluding tert-OH is 1. The van der Waals surface area contributed by atoms with Crippen LogP contribution in [0.15, 0.2) is 0 Å². The summed E-state index contributed by atoms with van der Waals surface area (Å²) < 4.78 is 5.27. The summed E-state index contributed by atoms with van der Waals surface area (Å²) >= 11 is 0. The van der Waals surface area contributed by atoms with E-state index in [4.69, 9.17) is 4.74 Å². The van der Waals surface area contributed by atoms with Gasteiger partial charge < -0.3 is 9.84 Å². The highest BCUT2D eigenvalue weighted by Crippen LogP contribution is 2.23. The summed E-state index contributed by atoms with van der Waals surface area (Å²) in [5, 5.41) is 9.30. The summed E-state index contributed by atoms with van der Waals surface area (Å²) in [4.78, 5) is 13.8. The van der Waals surface area contributed by atoms with Crippen molar-refractivity contribution in [2.45, 2.75) is 52.2 Å². The van der Waals surface area contributed by atoms with Gasteiger partial charge in [-0.2, -0.15) is 0 Å². The minimum atomic E-state index is -0.411. The number of rotatable bonds is 4. The molecule has 0 aromatic rings. The topological polar surface area (TPSA) is 49.8 Å². The second-order valence-corrected chi connectivity index (χ2v) is 5.89. The highest BCUT2D eigenvalue weighted by molar-refractivity contribution is 5.70. The van der Waals surface area contributed by atoms with E-state index in [2.05, 4.69) is 11.8 Å². The molecular weight excluding hydrogens is 218 g/mol. The van der Waals surface area contributed by atoms with Crippen LogP contribution < -0.4 is 0 Å². The molecule has 1 fully saturated rings. The Morgan fingerprint density at radius 3 is 2.65 bits per heavy atom. The molecule has 17 heavy (non-hydrogen) atoms. The summed E-state index contributed by atoms with van der Waals surface area (Å²) in [6, 6.07) is 0.206. The van der Waals surface area contributed by atoms with Gasteiger partial charge in [0.2, 0.25) is 0 Å². The molecule has 1 heterocycles. The summed E-state index contributed by atoms with van der Waals surface area (Å²) in [7, 11) is 0. The number of carbonyl (C=O) groups is 1. The molecule has 2 unspecified atom stereocenters. The van der Waals surface area contributed by atoms with Crippen LogP contribution in [-0.4, -0.2) is 47.3 Å². The van der Waals surface area contributed by atoms with Crippen LogP contribution in [0.3, 0.4) is 0 Å². The Balaban J connectivity index is 2.33. The molecule has 0 radical (unpaired) electrons. The molecule has 1 aliphatic heterocycles. The van der Waals surface area contributed by atoms with Crippen LogP contribution in [0.1, 0.15) is 40.5 Å². The third kappa shape index (κ3) is 4.64.